The predicted molar refractivity (Wildman–Crippen MR) is 105 cm³/mol. The Morgan fingerprint density at radius 3 is 2.56 bits per heavy atom. The molecule has 148 valence electrons. The summed E-state index contributed by atoms with van der Waals surface area (Å²) in [6.07, 6.45) is 2.50. The number of piperazine rings is 1. The van der Waals surface area contributed by atoms with E-state index < -0.39 is 0 Å². The Hall–Kier alpha value is -2.12. The molecule has 3 rings (SSSR count). The second-order valence-corrected chi connectivity index (χ2v) is 7.86. The Morgan fingerprint density at radius 1 is 1.11 bits per heavy atom. The third-order valence-electron chi connectivity index (χ3n) is 5.97. The lowest BCUT2D eigenvalue weighted by molar-refractivity contribution is -0.139. The van der Waals surface area contributed by atoms with E-state index in [1.165, 1.54) is 6.07 Å². The Morgan fingerprint density at radius 2 is 1.85 bits per heavy atom. The summed E-state index contributed by atoms with van der Waals surface area (Å²) < 4.78 is 0. The van der Waals surface area contributed by atoms with Crippen LogP contribution in [0.1, 0.15) is 25.7 Å². The fourth-order valence-corrected chi connectivity index (χ4v) is 4.04. The summed E-state index contributed by atoms with van der Waals surface area (Å²) in [5.41, 5.74) is 0.613. The zero-order chi connectivity index (χ0) is 19.4. The molecule has 2 aliphatic rings. The van der Waals surface area contributed by atoms with Crippen LogP contribution >= 0.6 is 0 Å². The molecule has 2 fully saturated rings. The number of piperidine rings is 1. The van der Waals surface area contributed by atoms with E-state index in [1.807, 2.05) is 4.90 Å². The molecule has 0 radical (unpaired) electrons. The normalized spacial score (nSPS) is 20.6. The summed E-state index contributed by atoms with van der Waals surface area (Å²) in [5.74, 6) is -0.0609. The summed E-state index contributed by atoms with van der Waals surface area (Å²) in [5, 5.41) is 12.2. The molecule has 2 saturated heterocycles. The summed E-state index contributed by atoms with van der Waals surface area (Å²) in [4.78, 5) is 31.5. The SMILES string of the molecule is CN1CCC2(CC1)CN(C(=O)CCC(=O)Nc1cccc(O)c1)CCN2C. The molecule has 1 aromatic rings. The number of phenols is 1. The molecule has 0 aromatic heterocycles. The topological polar surface area (TPSA) is 76.1 Å². The van der Waals surface area contributed by atoms with E-state index in [4.69, 9.17) is 0 Å². The Bertz CT molecular complexity index is 686. The number of amides is 2. The van der Waals surface area contributed by atoms with Gasteiger partial charge in [-0.15, -0.1) is 0 Å². The van der Waals surface area contributed by atoms with E-state index in [0.29, 0.717) is 5.69 Å². The largest absolute Gasteiger partial charge is 0.508 e. The van der Waals surface area contributed by atoms with E-state index in [9.17, 15) is 14.7 Å². The number of hydrogen-bond donors (Lipinski definition) is 2. The zero-order valence-corrected chi connectivity index (χ0v) is 16.3. The second-order valence-electron chi connectivity index (χ2n) is 7.86. The molecule has 2 heterocycles. The minimum Gasteiger partial charge on any atom is -0.508 e. The minimum absolute atomic E-state index is 0.0486. The first-order valence-electron chi connectivity index (χ1n) is 9.64. The van der Waals surface area contributed by atoms with Gasteiger partial charge in [-0.05, 0) is 52.2 Å². The number of likely N-dealkylation sites (N-methyl/N-ethyl adjacent to an activating group) is 1. The van der Waals surface area contributed by atoms with Crippen molar-refractivity contribution in [2.24, 2.45) is 0 Å². The third-order valence-corrected chi connectivity index (χ3v) is 5.97. The molecule has 0 aliphatic carbocycles. The van der Waals surface area contributed by atoms with Gasteiger partial charge in [0.05, 0.1) is 0 Å². The minimum atomic E-state index is -0.211. The summed E-state index contributed by atoms with van der Waals surface area (Å²) >= 11 is 0. The lowest BCUT2D eigenvalue weighted by Crippen LogP contribution is -2.65. The van der Waals surface area contributed by atoms with Crippen molar-refractivity contribution in [1.82, 2.24) is 14.7 Å². The third kappa shape index (κ3) is 4.78. The first kappa shape index (κ1) is 19.6. The van der Waals surface area contributed by atoms with Crippen molar-refractivity contribution in [3.63, 3.8) is 0 Å². The van der Waals surface area contributed by atoms with Crippen molar-refractivity contribution in [3.05, 3.63) is 24.3 Å². The first-order chi connectivity index (χ1) is 12.9. The Labute approximate surface area is 160 Å². The van der Waals surface area contributed by atoms with Gasteiger partial charge in [-0.25, -0.2) is 0 Å². The van der Waals surface area contributed by atoms with Crippen molar-refractivity contribution in [2.45, 2.75) is 31.2 Å². The molecular weight excluding hydrogens is 344 g/mol. The predicted octanol–water partition coefficient (Wildman–Crippen LogP) is 1.35. The van der Waals surface area contributed by atoms with Crippen LogP contribution in [0, 0.1) is 0 Å². The number of nitrogens with zero attached hydrogens (tertiary/aromatic N) is 3. The number of phenolic OH excluding ortho intramolecular Hbond substituents is 1. The van der Waals surface area contributed by atoms with Gasteiger partial charge >= 0.3 is 0 Å². The average Bonchev–Trinajstić information content (AvgIpc) is 2.64. The molecule has 0 saturated carbocycles. The second kappa shape index (κ2) is 8.27. The summed E-state index contributed by atoms with van der Waals surface area (Å²) in [6, 6.07) is 6.42. The lowest BCUT2D eigenvalue weighted by atomic mass is 9.84. The number of anilines is 1. The van der Waals surface area contributed by atoms with Crippen molar-refractivity contribution in [2.75, 3.05) is 52.1 Å². The zero-order valence-electron chi connectivity index (χ0n) is 16.3. The van der Waals surface area contributed by atoms with Crippen LogP contribution < -0.4 is 5.32 Å². The van der Waals surface area contributed by atoms with E-state index in [0.717, 1.165) is 45.6 Å². The quantitative estimate of drug-likeness (QED) is 0.832. The van der Waals surface area contributed by atoms with Gasteiger partial charge in [0, 0.05) is 49.8 Å². The van der Waals surface area contributed by atoms with Crippen LogP contribution in [-0.4, -0.2) is 84.0 Å². The molecule has 1 spiro atoms. The van der Waals surface area contributed by atoms with Crippen molar-refractivity contribution in [1.29, 1.82) is 0 Å². The van der Waals surface area contributed by atoms with Gasteiger partial charge in [-0.1, -0.05) is 6.07 Å². The van der Waals surface area contributed by atoms with Gasteiger partial charge in [-0.3, -0.25) is 14.5 Å². The molecule has 1 aromatic carbocycles. The maximum Gasteiger partial charge on any atom is 0.224 e. The fourth-order valence-electron chi connectivity index (χ4n) is 4.04. The number of aromatic hydroxyl groups is 1. The fraction of sp³-hybridized carbons (Fsp3) is 0.600. The number of rotatable bonds is 4. The highest BCUT2D eigenvalue weighted by Crippen LogP contribution is 2.31. The molecule has 2 N–H and O–H groups in total. The highest BCUT2D eigenvalue weighted by atomic mass is 16.3. The highest BCUT2D eigenvalue weighted by Gasteiger charge is 2.42. The van der Waals surface area contributed by atoms with Crippen molar-refractivity contribution >= 4 is 17.5 Å². The van der Waals surface area contributed by atoms with Crippen LogP contribution in [0.3, 0.4) is 0 Å². The van der Waals surface area contributed by atoms with E-state index in [2.05, 4.69) is 29.2 Å². The van der Waals surface area contributed by atoms with Gasteiger partial charge < -0.3 is 20.2 Å². The van der Waals surface area contributed by atoms with Crippen LogP contribution in [0.2, 0.25) is 0 Å². The molecule has 0 unspecified atom stereocenters. The van der Waals surface area contributed by atoms with Crippen LogP contribution in [-0.2, 0) is 9.59 Å². The highest BCUT2D eigenvalue weighted by molar-refractivity contribution is 5.93. The van der Waals surface area contributed by atoms with Crippen molar-refractivity contribution in [3.8, 4) is 5.75 Å². The maximum atomic E-state index is 12.7. The molecule has 27 heavy (non-hydrogen) atoms. The molecule has 2 aliphatic heterocycles. The number of hydrogen-bond acceptors (Lipinski definition) is 5. The molecule has 7 heteroatoms. The van der Waals surface area contributed by atoms with Crippen LogP contribution in [0.4, 0.5) is 5.69 Å². The number of benzene rings is 1. The van der Waals surface area contributed by atoms with E-state index >= 15 is 0 Å². The van der Waals surface area contributed by atoms with Gasteiger partial charge in [0.15, 0.2) is 0 Å². The lowest BCUT2D eigenvalue weighted by Gasteiger charge is -2.52. The maximum absolute atomic E-state index is 12.7. The average molecular weight is 374 g/mol. The van der Waals surface area contributed by atoms with Gasteiger partial charge in [0.25, 0.3) is 0 Å². The number of likely N-dealkylation sites (tertiary alicyclic amines) is 1. The molecular formula is C20H30N4O3. The van der Waals surface area contributed by atoms with Crippen LogP contribution in [0.25, 0.3) is 0 Å². The van der Waals surface area contributed by atoms with Gasteiger partial charge in [0.2, 0.25) is 11.8 Å². The smallest absolute Gasteiger partial charge is 0.224 e. The standard InChI is InChI=1S/C20H30N4O3/c1-22-10-8-20(9-11-22)15-24(13-12-23(20)2)19(27)7-6-18(26)21-16-4-3-5-17(25)14-16/h3-5,14,25H,6-13,15H2,1-2H3,(H,21,26). The van der Waals surface area contributed by atoms with E-state index in [-0.39, 0.29) is 35.9 Å². The molecule has 2 amide bonds. The number of carbonyl (C=O) groups is 2. The van der Waals surface area contributed by atoms with Crippen molar-refractivity contribution < 1.29 is 14.7 Å². The number of nitrogens with one attached hydrogen (secondary N) is 1. The van der Waals surface area contributed by atoms with Gasteiger partial charge in [0.1, 0.15) is 5.75 Å². The summed E-state index contributed by atoms with van der Waals surface area (Å²) in [7, 11) is 4.31. The van der Waals surface area contributed by atoms with Gasteiger partial charge in [-0.2, -0.15) is 0 Å². The molecule has 0 bridgehead atoms. The first-order valence-corrected chi connectivity index (χ1v) is 9.64. The summed E-state index contributed by atoms with van der Waals surface area (Å²) in [6.45, 7) is 4.47. The number of carbonyl (C=O) groups excluding carboxylic acids is 2. The Kier molecular flexibility index (Phi) is 6.01. The monoisotopic (exact) mass is 374 g/mol. The van der Waals surface area contributed by atoms with Crippen LogP contribution in [0.5, 0.6) is 5.75 Å². The Balaban J connectivity index is 1.51. The molecule has 7 nitrogen and oxygen atoms in total. The molecule has 0 atom stereocenters. The van der Waals surface area contributed by atoms with Crippen LogP contribution in [0.15, 0.2) is 24.3 Å². The van der Waals surface area contributed by atoms with E-state index in [1.54, 1.807) is 18.2 Å².